The predicted octanol–water partition coefficient (Wildman–Crippen LogP) is 5.96. The number of benzene rings is 3. The third kappa shape index (κ3) is 4.36. The highest BCUT2D eigenvalue weighted by molar-refractivity contribution is 5.88. The maximum absolute atomic E-state index is 14.0. The Balaban J connectivity index is 1.68. The molecule has 0 bridgehead atoms. The van der Waals surface area contributed by atoms with E-state index in [1.807, 2.05) is 48.5 Å². The molecule has 0 spiro atoms. The summed E-state index contributed by atoms with van der Waals surface area (Å²) in [6, 6.07) is 20.6. The molecule has 0 unspecified atom stereocenters. The van der Waals surface area contributed by atoms with Crippen LogP contribution in [-0.4, -0.2) is 23.1 Å². The monoisotopic (exact) mass is 421 g/mol. The molecule has 0 aliphatic rings. The molecule has 31 heavy (non-hydrogen) atoms. The topological polar surface area (TPSA) is 72.6 Å². The molecule has 1 aromatic heterocycles. The van der Waals surface area contributed by atoms with Crippen molar-refractivity contribution in [3.8, 4) is 33.7 Å². The van der Waals surface area contributed by atoms with Crippen LogP contribution in [-0.2, 0) is 11.3 Å². The highest BCUT2D eigenvalue weighted by atomic mass is 19.1. The number of hydrogen-bond acceptors (Lipinski definition) is 4. The van der Waals surface area contributed by atoms with Crippen molar-refractivity contribution in [2.75, 3.05) is 6.86 Å². The summed E-state index contributed by atoms with van der Waals surface area (Å²) in [5.74, 6) is -1.77. The van der Waals surface area contributed by atoms with Crippen molar-refractivity contribution < 1.29 is 27.9 Å². The van der Waals surface area contributed by atoms with E-state index in [1.54, 1.807) is 6.07 Å². The lowest BCUT2D eigenvalue weighted by molar-refractivity contribution is 0.0464. The fourth-order valence-electron chi connectivity index (χ4n) is 3.31. The van der Waals surface area contributed by atoms with Crippen molar-refractivity contribution >= 4 is 5.97 Å². The zero-order chi connectivity index (χ0) is 21.8. The second kappa shape index (κ2) is 8.89. The minimum Gasteiger partial charge on any atom is -0.478 e. The average Bonchev–Trinajstić information content (AvgIpc) is 3.28. The fraction of sp³-hybridized carbons (Fsp3) is 0.0833. The van der Waals surface area contributed by atoms with Crippen molar-refractivity contribution in [2.24, 2.45) is 0 Å². The first-order chi connectivity index (χ1) is 15.1. The summed E-state index contributed by atoms with van der Waals surface area (Å²) >= 11 is 0. The minimum atomic E-state index is -1.34. The SMILES string of the molecule is O=C(O)c1ccc(-c2cc(-c3ccc(-c4ccccc4)c(COCF)c3)on2)cc1F. The van der Waals surface area contributed by atoms with Crippen LogP contribution >= 0.6 is 0 Å². The molecule has 7 heteroatoms. The van der Waals surface area contributed by atoms with E-state index >= 15 is 0 Å². The number of hydrogen-bond donors (Lipinski definition) is 1. The molecule has 0 aliphatic carbocycles. The number of aromatic carboxylic acids is 1. The van der Waals surface area contributed by atoms with Gasteiger partial charge in [0.2, 0.25) is 0 Å². The first-order valence-electron chi connectivity index (χ1n) is 9.39. The third-order valence-corrected chi connectivity index (χ3v) is 4.81. The van der Waals surface area contributed by atoms with Gasteiger partial charge in [-0.25, -0.2) is 13.6 Å². The molecule has 156 valence electrons. The van der Waals surface area contributed by atoms with Gasteiger partial charge in [0, 0.05) is 17.2 Å². The van der Waals surface area contributed by atoms with Gasteiger partial charge in [0.25, 0.3) is 0 Å². The van der Waals surface area contributed by atoms with Crippen LogP contribution in [0.3, 0.4) is 0 Å². The summed E-state index contributed by atoms with van der Waals surface area (Å²) < 4.78 is 37.0. The van der Waals surface area contributed by atoms with Gasteiger partial charge in [-0.15, -0.1) is 0 Å². The first-order valence-corrected chi connectivity index (χ1v) is 9.39. The maximum Gasteiger partial charge on any atom is 0.338 e. The molecule has 0 saturated carbocycles. The Morgan fingerprint density at radius 1 is 0.968 bits per heavy atom. The summed E-state index contributed by atoms with van der Waals surface area (Å²) in [7, 11) is 0. The Morgan fingerprint density at radius 2 is 1.74 bits per heavy atom. The van der Waals surface area contributed by atoms with Gasteiger partial charge in [-0.3, -0.25) is 0 Å². The highest BCUT2D eigenvalue weighted by Gasteiger charge is 2.15. The quantitative estimate of drug-likeness (QED) is 0.399. The number of aromatic nitrogens is 1. The standard InChI is InChI=1S/C24H17F2NO4/c25-14-30-13-18-10-17(7-8-19(18)15-4-2-1-3-5-15)23-12-22(27-31-23)16-6-9-20(24(28)29)21(26)11-16/h1-12H,13-14H2,(H,28,29). The number of rotatable bonds is 7. The molecule has 0 radical (unpaired) electrons. The van der Waals surface area contributed by atoms with Crippen LogP contribution in [0.5, 0.6) is 0 Å². The molecule has 0 saturated heterocycles. The summed E-state index contributed by atoms with van der Waals surface area (Å²) in [6.45, 7) is -0.819. The van der Waals surface area contributed by atoms with Gasteiger partial charge in [-0.05, 0) is 34.9 Å². The molecule has 1 N–H and O–H groups in total. The molecule has 0 amide bonds. The summed E-state index contributed by atoms with van der Waals surface area (Å²) in [5.41, 5.74) is 3.68. The Kier molecular flexibility index (Phi) is 5.86. The van der Waals surface area contributed by atoms with Crippen molar-refractivity contribution in [2.45, 2.75) is 6.61 Å². The second-order valence-electron chi connectivity index (χ2n) is 6.77. The second-order valence-corrected chi connectivity index (χ2v) is 6.77. The predicted molar refractivity (Wildman–Crippen MR) is 110 cm³/mol. The zero-order valence-corrected chi connectivity index (χ0v) is 16.2. The number of carbonyl (C=O) groups is 1. The lowest BCUT2D eigenvalue weighted by atomic mass is 9.97. The van der Waals surface area contributed by atoms with Gasteiger partial charge < -0.3 is 14.4 Å². The zero-order valence-electron chi connectivity index (χ0n) is 16.2. The van der Waals surface area contributed by atoms with Crippen LogP contribution in [0.4, 0.5) is 8.78 Å². The molecule has 1 heterocycles. The number of carboxylic acid groups (broad SMARTS) is 1. The van der Waals surface area contributed by atoms with E-state index in [0.717, 1.165) is 22.8 Å². The van der Waals surface area contributed by atoms with Crippen LogP contribution < -0.4 is 0 Å². The molecule has 0 aliphatic heterocycles. The molecule has 4 rings (SSSR count). The van der Waals surface area contributed by atoms with Gasteiger partial charge in [0.1, 0.15) is 11.5 Å². The Bertz CT molecular complexity index is 1220. The number of halogens is 2. The van der Waals surface area contributed by atoms with Crippen LogP contribution in [0.15, 0.2) is 77.3 Å². The Labute approximate surface area is 176 Å². The first kappa shape index (κ1) is 20.4. The fourth-order valence-corrected chi connectivity index (χ4v) is 3.31. The Hall–Kier alpha value is -3.84. The van der Waals surface area contributed by atoms with Crippen molar-refractivity contribution in [3.63, 3.8) is 0 Å². The van der Waals surface area contributed by atoms with Crippen LogP contribution in [0.25, 0.3) is 33.7 Å². The summed E-state index contributed by atoms with van der Waals surface area (Å²) in [6.07, 6.45) is 0. The normalized spacial score (nSPS) is 10.9. The van der Waals surface area contributed by atoms with Crippen molar-refractivity contribution in [3.05, 3.63) is 89.7 Å². The van der Waals surface area contributed by atoms with E-state index in [9.17, 15) is 13.6 Å². The Morgan fingerprint density at radius 3 is 2.45 bits per heavy atom. The largest absolute Gasteiger partial charge is 0.478 e. The maximum atomic E-state index is 14.0. The molecule has 3 aromatic carbocycles. The van der Waals surface area contributed by atoms with E-state index in [0.29, 0.717) is 22.6 Å². The van der Waals surface area contributed by atoms with E-state index in [1.165, 1.54) is 12.1 Å². The smallest absolute Gasteiger partial charge is 0.338 e. The molecule has 0 fully saturated rings. The van der Waals surface area contributed by atoms with Gasteiger partial charge in [0.05, 0.1) is 12.2 Å². The number of carboxylic acids is 1. The van der Waals surface area contributed by atoms with Crippen LogP contribution in [0.1, 0.15) is 15.9 Å². The summed E-state index contributed by atoms with van der Waals surface area (Å²) in [4.78, 5) is 11.0. The van der Waals surface area contributed by atoms with Gasteiger partial charge in [0.15, 0.2) is 12.6 Å². The third-order valence-electron chi connectivity index (χ3n) is 4.81. The lowest BCUT2D eigenvalue weighted by Crippen LogP contribution is -2.00. The van der Waals surface area contributed by atoms with Crippen LogP contribution in [0.2, 0.25) is 0 Å². The molecule has 5 nitrogen and oxygen atoms in total. The van der Waals surface area contributed by atoms with Crippen molar-refractivity contribution in [1.29, 1.82) is 0 Å². The van der Waals surface area contributed by atoms with E-state index < -0.39 is 24.2 Å². The number of ether oxygens (including phenoxy) is 1. The molecular weight excluding hydrogens is 404 g/mol. The lowest BCUT2D eigenvalue weighted by Gasteiger charge is -2.11. The van der Waals surface area contributed by atoms with E-state index in [-0.39, 0.29) is 6.61 Å². The number of alkyl halides is 1. The molecular formula is C24H17F2NO4. The molecule has 4 aromatic rings. The van der Waals surface area contributed by atoms with Crippen LogP contribution in [0, 0.1) is 5.82 Å². The average molecular weight is 421 g/mol. The van der Waals surface area contributed by atoms with Gasteiger partial charge in [-0.1, -0.05) is 53.7 Å². The minimum absolute atomic E-state index is 0.0808. The summed E-state index contributed by atoms with van der Waals surface area (Å²) in [5, 5.41) is 12.9. The van der Waals surface area contributed by atoms with Gasteiger partial charge >= 0.3 is 5.97 Å². The highest BCUT2D eigenvalue weighted by Crippen LogP contribution is 2.32. The molecule has 0 atom stereocenters. The van der Waals surface area contributed by atoms with Crippen molar-refractivity contribution in [1.82, 2.24) is 5.16 Å². The van der Waals surface area contributed by atoms with Gasteiger partial charge in [-0.2, -0.15) is 0 Å². The van der Waals surface area contributed by atoms with E-state index in [4.69, 9.17) is 14.4 Å². The number of nitrogens with zero attached hydrogens (tertiary/aromatic N) is 1. The van der Waals surface area contributed by atoms with E-state index in [2.05, 4.69) is 5.16 Å².